The van der Waals surface area contributed by atoms with Gasteiger partial charge in [-0.3, -0.25) is 4.79 Å². The highest BCUT2D eigenvalue weighted by Crippen LogP contribution is 2.08. The fourth-order valence-electron chi connectivity index (χ4n) is 1.86. The van der Waals surface area contributed by atoms with Crippen LogP contribution < -0.4 is 5.32 Å². The first-order chi connectivity index (χ1) is 10.2. The smallest absolute Gasteiger partial charge is 0.226 e. The minimum atomic E-state index is -0.268. The van der Waals surface area contributed by atoms with Crippen molar-refractivity contribution in [1.82, 2.24) is 25.6 Å². The Kier molecular flexibility index (Phi) is 5.42. The zero-order valence-corrected chi connectivity index (χ0v) is 12.2. The molecule has 2 rings (SSSR count). The number of hydrogen-bond acceptors (Lipinski definition) is 7. The van der Waals surface area contributed by atoms with Gasteiger partial charge in [0, 0.05) is 19.3 Å². The van der Waals surface area contributed by atoms with E-state index in [0.717, 1.165) is 18.7 Å². The maximum Gasteiger partial charge on any atom is 0.226 e. The Balaban J connectivity index is 1.69. The highest BCUT2D eigenvalue weighted by molar-refractivity contribution is 5.76. The van der Waals surface area contributed by atoms with E-state index in [-0.39, 0.29) is 11.9 Å². The summed E-state index contributed by atoms with van der Waals surface area (Å²) in [6, 6.07) is -0.268. The molecular weight excluding hydrogens is 274 g/mol. The number of hydrogen-bond donors (Lipinski definition) is 1. The molecule has 2 aromatic heterocycles. The molecule has 0 aliphatic carbocycles. The van der Waals surface area contributed by atoms with Crippen LogP contribution >= 0.6 is 0 Å². The molecule has 0 bridgehead atoms. The fraction of sp³-hybridized carbons (Fsp3) is 0.615. The van der Waals surface area contributed by atoms with Crippen LogP contribution in [0.1, 0.15) is 56.7 Å². The van der Waals surface area contributed by atoms with Crippen LogP contribution in [0.4, 0.5) is 0 Å². The Bertz CT molecular complexity index is 552. The number of nitrogens with one attached hydrogen (secondary N) is 1. The first-order valence-corrected chi connectivity index (χ1v) is 7.06. The molecule has 2 heterocycles. The van der Waals surface area contributed by atoms with Gasteiger partial charge in [0.15, 0.2) is 11.6 Å². The molecule has 0 aromatic carbocycles. The van der Waals surface area contributed by atoms with Gasteiger partial charge in [0.25, 0.3) is 0 Å². The Morgan fingerprint density at radius 1 is 1.38 bits per heavy atom. The third kappa shape index (κ3) is 4.66. The minimum absolute atomic E-state index is 0.0689. The second-order valence-corrected chi connectivity index (χ2v) is 4.79. The average molecular weight is 293 g/mol. The quantitative estimate of drug-likeness (QED) is 0.787. The van der Waals surface area contributed by atoms with Crippen LogP contribution in [0.5, 0.6) is 0 Å². The van der Waals surface area contributed by atoms with Crippen LogP contribution in [0.3, 0.4) is 0 Å². The van der Waals surface area contributed by atoms with Crippen LogP contribution in [0.15, 0.2) is 15.4 Å². The summed E-state index contributed by atoms with van der Waals surface area (Å²) in [5, 5.41) is 10.4. The van der Waals surface area contributed by atoms with Gasteiger partial charge in [0.05, 0.1) is 6.04 Å². The molecule has 1 N–H and O–H groups in total. The second-order valence-electron chi connectivity index (χ2n) is 4.79. The Morgan fingerprint density at radius 3 is 2.95 bits per heavy atom. The third-order valence-corrected chi connectivity index (χ3v) is 2.92. The van der Waals surface area contributed by atoms with Crippen molar-refractivity contribution in [1.29, 1.82) is 0 Å². The van der Waals surface area contributed by atoms with Crippen molar-refractivity contribution in [3.05, 3.63) is 23.9 Å². The second kappa shape index (κ2) is 7.51. The predicted molar refractivity (Wildman–Crippen MR) is 72.1 cm³/mol. The number of carbonyl (C=O) groups is 1. The maximum atomic E-state index is 11.8. The van der Waals surface area contributed by atoms with Gasteiger partial charge in [-0.1, -0.05) is 17.2 Å². The SMILES string of the molecule is CCCc1noc(CCCC(=O)NC(C)c2ncon2)n1. The lowest BCUT2D eigenvalue weighted by atomic mass is 10.2. The summed E-state index contributed by atoms with van der Waals surface area (Å²) in [5.74, 6) is 1.70. The normalized spacial score (nSPS) is 12.3. The molecular formula is C13H19N5O3. The average Bonchev–Trinajstić information content (AvgIpc) is 3.10. The van der Waals surface area contributed by atoms with Gasteiger partial charge >= 0.3 is 0 Å². The Labute approximate surface area is 122 Å². The maximum absolute atomic E-state index is 11.8. The summed E-state index contributed by atoms with van der Waals surface area (Å²) >= 11 is 0. The minimum Gasteiger partial charge on any atom is -0.346 e. The van der Waals surface area contributed by atoms with Crippen molar-refractivity contribution < 1.29 is 13.8 Å². The monoisotopic (exact) mass is 293 g/mol. The summed E-state index contributed by atoms with van der Waals surface area (Å²) in [7, 11) is 0. The molecule has 8 nitrogen and oxygen atoms in total. The van der Waals surface area contributed by atoms with Gasteiger partial charge in [-0.05, 0) is 19.8 Å². The Hall–Kier alpha value is -2.25. The highest BCUT2D eigenvalue weighted by Gasteiger charge is 2.13. The molecule has 8 heteroatoms. The Morgan fingerprint density at radius 2 is 2.24 bits per heavy atom. The van der Waals surface area contributed by atoms with E-state index in [1.165, 1.54) is 6.39 Å². The van der Waals surface area contributed by atoms with E-state index in [4.69, 9.17) is 4.52 Å². The van der Waals surface area contributed by atoms with Crippen molar-refractivity contribution in [3.8, 4) is 0 Å². The zero-order valence-electron chi connectivity index (χ0n) is 12.2. The summed E-state index contributed by atoms with van der Waals surface area (Å²) in [6.07, 6.45) is 4.66. The molecule has 114 valence electrons. The summed E-state index contributed by atoms with van der Waals surface area (Å²) < 4.78 is 9.75. The van der Waals surface area contributed by atoms with E-state index in [9.17, 15) is 4.79 Å². The fourth-order valence-corrected chi connectivity index (χ4v) is 1.86. The number of carbonyl (C=O) groups excluding carboxylic acids is 1. The molecule has 0 fully saturated rings. The van der Waals surface area contributed by atoms with Gasteiger partial charge in [-0.2, -0.15) is 9.97 Å². The lowest BCUT2D eigenvalue weighted by Gasteiger charge is -2.09. The molecule has 0 aliphatic rings. The topological polar surface area (TPSA) is 107 Å². The van der Waals surface area contributed by atoms with Crippen LogP contribution in [-0.4, -0.2) is 26.2 Å². The molecule has 0 spiro atoms. The van der Waals surface area contributed by atoms with Crippen molar-refractivity contribution in [2.24, 2.45) is 0 Å². The van der Waals surface area contributed by atoms with E-state index in [1.807, 2.05) is 0 Å². The molecule has 0 saturated heterocycles. The molecule has 1 atom stereocenters. The number of nitrogens with zero attached hydrogens (tertiary/aromatic N) is 4. The molecule has 2 aromatic rings. The first kappa shape index (κ1) is 15.1. The third-order valence-electron chi connectivity index (χ3n) is 2.92. The van der Waals surface area contributed by atoms with Gasteiger partial charge in [0.2, 0.25) is 18.2 Å². The lowest BCUT2D eigenvalue weighted by molar-refractivity contribution is -0.121. The van der Waals surface area contributed by atoms with Gasteiger partial charge < -0.3 is 14.4 Å². The lowest BCUT2D eigenvalue weighted by Crippen LogP contribution is -2.27. The van der Waals surface area contributed by atoms with Gasteiger partial charge in [-0.25, -0.2) is 0 Å². The summed E-state index contributed by atoms with van der Waals surface area (Å²) in [4.78, 5) is 19.9. The van der Waals surface area contributed by atoms with Crippen LogP contribution in [0.2, 0.25) is 0 Å². The largest absolute Gasteiger partial charge is 0.346 e. The molecule has 0 saturated carbocycles. The van der Waals surface area contributed by atoms with Crippen molar-refractivity contribution in [2.45, 2.75) is 52.0 Å². The van der Waals surface area contributed by atoms with E-state index < -0.39 is 0 Å². The number of rotatable bonds is 8. The van der Waals surface area contributed by atoms with Crippen molar-refractivity contribution in [3.63, 3.8) is 0 Å². The van der Waals surface area contributed by atoms with E-state index in [1.54, 1.807) is 6.92 Å². The highest BCUT2D eigenvalue weighted by atomic mass is 16.5. The zero-order chi connectivity index (χ0) is 15.1. The van der Waals surface area contributed by atoms with E-state index in [2.05, 4.69) is 37.0 Å². The van der Waals surface area contributed by atoms with Crippen molar-refractivity contribution in [2.75, 3.05) is 0 Å². The molecule has 0 radical (unpaired) electrons. The molecule has 21 heavy (non-hydrogen) atoms. The summed E-state index contributed by atoms with van der Waals surface area (Å²) in [5.41, 5.74) is 0. The standard InChI is InChI=1S/C13H19N5O3/c1-3-5-10-16-12(21-17-10)7-4-6-11(19)15-9(2)13-14-8-20-18-13/h8-9H,3-7H2,1-2H3,(H,15,19). The first-order valence-electron chi connectivity index (χ1n) is 7.06. The molecule has 0 aliphatic heterocycles. The number of aryl methyl sites for hydroxylation is 2. The number of amides is 1. The van der Waals surface area contributed by atoms with Gasteiger partial charge in [0.1, 0.15) is 0 Å². The van der Waals surface area contributed by atoms with Crippen LogP contribution in [0, 0.1) is 0 Å². The van der Waals surface area contributed by atoms with Crippen LogP contribution in [0.25, 0.3) is 0 Å². The van der Waals surface area contributed by atoms with E-state index in [0.29, 0.717) is 31.0 Å². The number of aromatic nitrogens is 4. The van der Waals surface area contributed by atoms with Crippen LogP contribution in [-0.2, 0) is 17.6 Å². The summed E-state index contributed by atoms with van der Waals surface area (Å²) in [6.45, 7) is 3.86. The van der Waals surface area contributed by atoms with Crippen molar-refractivity contribution >= 4 is 5.91 Å². The molecule has 1 amide bonds. The predicted octanol–water partition coefficient (Wildman–Crippen LogP) is 1.61. The molecule has 1 unspecified atom stereocenters. The van der Waals surface area contributed by atoms with E-state index >= 15 is 0 Å². The van der Waals surface area contributed by atoms with Gasteiger partial charge in [-0.15, -0.1) is 0 Å².